The fourth-order valence-corrected chi connectivity index (χ4v) is 3.56. The fourth-order valence-electron chi connectivity index (χ4n) is 3.56. The van der Waals surface area contributed by atoms with Crippen molar-refractivity contribution >= 4 is 23.1 Å². The topological polar surface area (TPSA) is 100 Å². The van der Waals surface area contributed by atoms with E-state index < -0.39 is 4.92 Å². The first-order valence-electron chi connectivity index (χ1n) is 9.90. The van der Waals surface area contributed by atoms with Crippen molar-refractivity contribution in [2.75, 3.05) is 47.8 Å². The fraction of sp³-hybridized carbons (Fsp3) is 0.286. The molecule has 9 nitrogen and oxygen atoms in total. The molecule has 0 saturated carbocycles. The number of anilines is 3. The van der Waals surface area contributed by atoms with E-state index in [1.54, 1.807) is 6.20 Å². The van der Waals surface area contributed by atoms with Gasteiger partial charge in [-0.15, -0.1) is 0 Å². The summed E-state index contributed by atoms with van der Waals surface area (Å²) in [4.78, 5) is 28.3. The minimum Gasteiger partial charge on any atom is -0.364 e. The second-order valence-electron chi connectivity index (χ2n) is 6.98. The lowest BCUT2D eigenvalue weighted by Gasteiger charge is -2.35. The molecule has 1 aliphatic rings. The Morgan fingerprint density at radius 2 is 1.67 bits per heavy atom. The SMILES string of the molecule is O=[N+]([O-])c1c(NCCc2ccccc2)ncnc1N1CCN(c2ccccn2)CC1. The molecule has 2 aromatic heterocycles. The summed E-state index contributed by atoms with van der Waals surface area (Å²) >= 11 is 0. The van der Waals surface area contributed by atoms with E-state index >= 15 is 0 Å². The lowest BCUT2D eigenvalue weighted by Crippen LogP contribution is -2.47. The van der Waals surface area contributed by atoms with Crippen molar-refractivity contribution in [1.82, 2.24) is 15.0 Å². The molecule has 154 valence electrons. The summed E-state index contributed by atoms with van der Waals surface area (Å²) in [6.45, 7) is 3.23. The van der Waals surface area contributed by atoms with Crippen LogP contribution in [-0.2, 0) is 6.42 Å². The van der Waals surface area contributed by atoms with Gasteiger partial charge in [-0.05, 0) is 24.1 Å². The van der Waals surface area contributed by atoms with Gasteiger partial charge < -0.3 is 15.1 Å². The molecule has 1 aliphatic heterocycles. The maximum atomic E-state index is 11.8. The van der Waals surface area contributed by atoms with Crippen molar-refractivity contribution in [3.63, 3.8) is 0 Å². The van der Waals surface area contributed by atoms with Gasteiger partial charge in [-0.2, -0.15) is 0 Å². The maximum absolute atomic E-state index is 11.8. The highest BCUT2D eigenvalue weighted by molar-refractivity contribution is 5.70. The quantitative estimate of drug-likeness (QED) is 0.473. The number of aromatic nitrogens is 3. The number of nitrogens with zero attached hydrogens (tertiary/aromatic N) is 6. The van der Waals surface area contributed by atoms with Crippen LogP contribution in [0.5, 0.6) is 0 Å². The minimum atomic E-state index is -0.398. The first-order valence-corrected chi connectivity index (χ1v) is 9.90. The van der Waals surface area contributed by atoms with Crippen LogP contribution in [0.15, 0.2) is 61.1 Å². The Hall–Kier alpha value is -3.75. The third-order valence-corrected chi connectivity index (χ3v) is 5.09. The van der Waals surface area contributed by atoms with Gasteiger partial charge >= 0.3 is 5.69 Å². The molecule has 0 unspecified atom stereocenters. The van der Waals surface area contributed by atoms with E-state index in [9.17, 15) is 10.1 Å². The Morgan fingerprint density at radius 1 is 0.933 bits per heavy atom. The van der Waals surface area contributed by atoms with Gasteiger partial charge in [0.1, 0.15) is 12.1 Å². The van der Waals surface area contributed by atoms with Crippen LogP contribution < -0.4 is 15.1 Å². The molecule has 0 amide bonds. The minimum absolute atomic E-state index is 0.0724. The summed E-state index contributed by atoms with van der Waals surface area (Å²) in [5, 5.41) is 15.0. The van der Waals surface area contributed by atoms with Gasteiger partial charge in [0.25, 0.3) is 0 Å². The molecule has 9 heteroatoms. The molecule has 3 heterocycles. The molecular weight excluding hydrogens is 382 g/mol. The van der Waals surface area contributed by atoms with Gasteiger partial charge in [0.05, 0.1) is 4.92 Å². The molecule has 1 fully saturated rings. The number of rotatable bonds is 7. The highest BCUT2D eigenvalue weighted by Crippen LogP contribution is 2.32. The van der Waals surface area contributed by atoms with Crippen LogP contribution in [0.3, 0.4) is 0 Å². The van der Waals surface area contributed by atoms with Crippen LogP contribution in [0.1, 0.15) is 5.56 Å². The lowest BCUT2D eigenvalue weighted by atomic mass is 10.1. The summed E-state index contributed by atoms with van der Waals surface area (Å²) in [5.41, 5.74) is 1.09. The van der Waals surface area contributed by atoms with E-state index in [4.69, 9.17) is 0 Å². The van der Waals surface area contributed by atoms with E-state index in [0.29, 0.717) is 25.5 Å². The lowest BCUT2D eigenvalue weighted by molar-refractivity contribution is -0.383. The van der Waals surface area contributed by atoms with E-state index in [1.807, 2.05) is 53.4 Å². The van der Waals surface area contributed by atoms with Crippen LogP contribution in [0, 0.1) is 10.1 Å². The van der Waals surface area contributed by atoms with Crippen LogP contribution in [0.4, 0.5) is 23.1 Å². The average molecular weight is 405 g/mol. The number of benzene rings is 1. The van der Waals surface area contributed by atoms with Crippen LogP contribution in [0.2, 0.25) is 0 Å². The molecule has 3 aromatic rings. The second-order valence-corrected chi connectivity index (χ2v) is 6.98. The molecule has 0 aliphatic carbocycles. The van der Waals surface area contributed by atoms with Crippen molar-refractivity contribution in [3.8, 4) is 0 Å². The maximum Gasteiger partial charge on any atom is 0.353 e. The Kier molecular flexibility index (Phi) is 5.98. The molecule has 0 atom stereocenters. The summed E-state index contributed by atoms with van der Waals surface area (Å²) in [5.74, 6) is 1.53. The summed E-state index contributed by atoms with van der Waals surface area (Å²) in [6, 6.07) is 15.8. The third kappa shape index (κ3) is 4.45. The molecule has 1 saturated heterocycles. The van der Waals surface area contributed by atoms with Crippen molar-refractivity contribution in [1.29, 1.82) is 0 Å². The van der Waals surface area contributed by atoms with Gasteiger partial charge in [0, 0.05) is 38.9 Å². The Bertz CT molecular complexity index is 977. The molecular formula is C21H23N7O2. The van der Waals surface area contributed by atoms with Crippen LogP contribution >= 0.6 is 0 Å². The summed E-state index contributed by atoms with van der Waals surface area (Å²) in [6.07, 6.45) is 3.91. The van der Waals surface area contributed by atoms with Crippen LogP contribution in [0.25, 0.3) is 0 Å². The Balaban J connectivity index is 1.45. The van der Waals surface area contributed by atoms with E-state index in [0.717, 1.165) is 30.9 Å². The average Bonchev–Trinajstić information content (AvgIpc) is 2.80. The van der Waals surface area contributed by atoms with Gasteiger partial charge in [0.2, 0.25) is 11.6 Å². The second kappa shape index (κ2) is 9.17. The number of piperazine rings is 1. The molecule has 0 bridgehead atoms. The highest BCUT2D eigenvalue weighted by Gasteiger charge is 2.29. The van der Waals surface area contributed by atoms with E-state index in [1.165, 1.54) is 6.33 Å². The van der Waals surface area contributed by atoms with Crippen molar-refractivity contribution in [2.45, 2.75) is 6.42 Å². The monoisotopic (exact) mass is 405 g/mol. The summed E-state index contributed by atoms with van der Waals surface area (Å²) in [7, 11) is 0. The molecule has 1 N–H and O–H groups in total. The third-order valence-electron chi connectivity index (χ3n) is 5.09. The Labute approximate surface area is 174 Å². The highest BCUT2D eigenvalue weighted by atomic mass is 16.6. The van der Waals surface area contributed by atoms with Gasteiger partial charge in [0.15, 0.2) is 0 Å². The number of nitrogens with one attached hydrogen (secondary N) is 1. The predicted molar refractivity (Wildman–Crippen MR) is 116 cm³/mol. The molecule has 30 heavy (non-hydrogen) atoms. The van der Waals surface area contributed by atoms with Gasteiger partial charge in [-0.3, -0.25) is 10.1 Å². The smallest absolute Gasteiger partial charge is 0.353 e. The van der Waals surface area contributed by atoms with E-state index in [2.05, 4.69) is 25.2 Å². The van der Waals surface area contributed by atoms with Crippen molar-refractivity contribution in [2.24, 2.45) is 0 Å². The van der Waals surface area contributed by atoms with Gasteiger partial charge in [-0.25, -0.2) is 15.0 Å². The first kappa shape index (κ1) is 19.6. The van der Waals surface area contributed by atoms with Crippen LogP contribution in [-0.4, -0.2) is 52.6 Å². The largest absolute Gasteiger partial charge is 0.364 e. The first-order chi connectivity index (χ1) is 14.7. The standard InChI is InChI=1S/C21H23N7O2/c29-28(30)19-20(23-11-9-17-6-2-1-3-7-17)24-16-25-21(19)27-14-12-26(13-15-27)18-8-4-5-10-22-18/h1-8,10,16H,9,11-15H2,(H,23,24,25). The molecule has 0 spiro atoms. The summed E-state index contributed by atoms with van der Waals surface area (Å²) < 4.78 is 0. The van der Waals surface area contributed by atoms with E-state index in [-0.39, 0.29) is 11.5 Å². The zero-order chi connectivity index (χ0) is 20.8. The Morgan fingerprint density at radius 3 is 2.37 bits per heavy atom. The number of hydrogen-bond donors (Lipinski definition) is 1. The number of pyridine rings is 1. The van der Waals surface area contributed by atoms with Gasteiger partial charge in [-0.1, -0.05) is 36.4 Å². The predicted octanol–water partition coefficient (Wildman–Crippen LogP) is 2.76. The number of hydrogen-bond acceptors (Lipinski definition) is 8. The normalized spacial score (nSPS) is 13.9. The molecule has 1 aromatic carbocycles. The zero-order valence-corrected chi connectivity index (χ0v) is 16.5. The molecule has 4 rings (SSSR count). The number of nitro groups is 1. The van der Waals surface area contributed by atoms with Crippen molar-refractivity contribution < 1.29 is 4.92 Å². The van der Waals surface area contributed by atoms with Crippen molar-refractivity contribution in [3.05, 3.63) is 76.7 Å². The molecule has 0 radical (unpaired) electrons. The zero-order valence-electron chi connectivity index (χ0n) is 16.5.